The van der Waals surface area contributed by atoms with E-state index >= 15 is 4.39 Å². The number of halogens is 1. The van der Waals surface area contributed by atoms with E-state index in [1.165, 1.54) is 23.7 Å². The molecule has 2 aromatic heterocycles. The summed E-state index contributed by atoms with van der Waals surface area (Å²) in [6, 6.07) is 14.4. The maximum absolute atomic E-state index is 16.3. The van der Waals surface area contributed by atoms with Gasteiger partial charge in [0.1, 0.15) is 17.4 Å². The second-order valence-corrected chi connectivity index (χ2v) is 20.1. The molecule has 4 aliphatic heterocycles. The molecule has 4 aromatic rings. The Bertz CT molecular complexity index is 2430. The fourth-order valence-corrected chi connectivity index (χ4v) is 11.8. The van der Waals surface area contributed by atoms with Gasteiger partial charge in [-0.1, -0.05) is 38.1 Å². The third kappa shape index (κ3) is 8.89. The molecule has 2 atom stereocenters. The van der Waals surface area contributed by atoms with Crippen molar-refractivity contribution in [3.63, 3.8) is 0 Å². The highest BCUT2D eigenvalue weighted by Gasteiger charge is 2.43. The number of carbonyl (C=O) groups is 4. The van der Waals surface area contributed by atoms with Crippen molar-refractivity contribution in [1.29, 1.82) is 0 Å². The van der Waals surface area contributed by atoms with E-state index in [0.29, 0.717) is 81.0 Å². The van der Waals surface area contributed by atoms with E-state index in [-0.39, 0.29) is 58.9 Å². The van der Waals surface area contributed by atoms with Crippen molar-refractivity contribution in [2.45, 2.75) is 88.7 Å². The average Bonchev–Trinajstić information content (AvgIpc) is 3.72. The summed E-state index contributed by atoms with van der Waals surface area (Å²) >= 11 is 1.43. The number of imide groups is 1. The second kappa shape index (κ2) is 17.9. The highest BCUT2D eigenvalue weighted by atomic mass is 32.2. The van der Waals surface area contributed by atoms with Crippen molar-refractivity contribution >= 4 is 50.7 Å². The number of piperidine rings is 4. The highest BCUT2D eigenvalue weighted by Crippen LogP contribution is 2.44. The molecule has 17 heteroatoms. The van der Waals surface area contributed by atoms with Crippen molar-refractivity contribution in [2.24, 2.45) is 16.5 Å². The summed E-state index contributed by atoms with van der Waals surface area (Å²) in [5.74, 6) is -1.23. The van der Waals surface area contributed by atoms with Crippen LogP contribution >= 0.6 is 11.3 Å². The zero-order chi connectivity index (χ0) is 43.8. The molecule has 0 spiro atoms. The topological polar surface area (TPSA) is 189 Å². The number of nitrogens with two attached hydrogens (primary N) is 1. The van der Waals surface area contributed by atoms with Gasteiger partial charge in [-0.25, -0.2) is 32.9 Å². The monoisotopic (exact) mass is 884 g/mol. The van der Waals surface area contributed by atoms with Gasteiger partial charge in [0.15, 0.2) is 0 Å². The second-order valence-electron chi connectivity index (χ2n) is 17.3. The van der Waals surface area contributed by atoms with Crippen LogP contribution in [0.2, 0.25) is 0 Å². The number of primary sulfonamides is 1. The number of aromatic nitrogens is 3. The Labute approximate surface area is 365 Å². The molecule has 0 radical (unpaired) electrons. The highest BCUT2D eigenvalue weighted by molar-refractivity contribution is 7.89. The molecule has 0 saturated carbocycles. The zero-order valence-electron chi connectivity index (χ0n) is 35.1. The summed E-state index contributed by atoms with van der Waals surface area (Å²) in [4.78, 5) is 72.0. The molecule has 4 aliphatic rings. The number of sulfonamides is 1. The third-order valence-electron chi connectivity index (χ3n) is 13.4. The van der Waals surface area contributed by atoms with Crippen molar-refractivity contribution in [2.75, 3.05) is 44.2 Å². The number of hydrogen-bond donors (Lipinski definition) is 2. The number of nitrogens with zero attached hydrogens (tertiary/aromatic N) is 6. The normalized spacial score (nSPS) is 20.8. The minimum absolute atomic E-state index is 0.00101. The maximum Gasteiger partial charge on any atom is 0.234 e. The predicted molar refractivity (Wildman–Crippen MR) is 234 cm³/mol. The SMILES string of the molecule is CCC(c1cccc(-c2nc(C3CCN(C(=O)C4(C)CCN(C(=O)C5CCN(c6ccc(C7CCC(=O)NC7=O)cc6)CC5)CC4)CC3)sc2-c2ccncn2)c1F)S(N)(=O)=O. The van der Waals surface area contributed by atoms with Crippen LogP contribution in [-0.2, 0) is 29.2 Å². The largest absolute Gasteiger partial charge is 0.371 e. The van der Waals surface area contributed by atoms with Gasteiger partial charge >= 0.3 is 0 Å². The Balaban J connectivity index is 0.859. The lowest BCUT2D eigenvalue weighted by Crippen LogP contribution is -2.52. The first-order valence-corrected chi connectivity index (χ1v) is 24.0. The van der Waals surface area contributed by atoms with Crippen molar-refractivity contribution in [3.05, 3.63) is 83.0 Å². The first-order valence-electron chi connectivity index (χ1n) is 21.6. The minimum Gasteiger partial charge on any atom is -0.371 e. The molecule has 4 saturated heterocycles. The number of nitrogens with one attached hydrogen (secondary N) is 1. The average molecular weight is 885 g/mol. The molecule has 2 unspecified atom stereocenters. The molecular formula is C45H53FN8O6S2. The Morgan fingerprint density at radius 1 is 0.952 bits per heavy atom. The van der Waals surface area contributed by atoms with Crippen LogP contribution in [-0.4, -0.2) is 96.1 Å². The van der Waals surface area contributed by atoms with E-state index in [0.717, 1.165) is 42.2 Å². The standard InChI is InChI=1S/C45H53FN8O6S2/c1-3-36(62(47,59)60)33-5-4-6-34(38(33)46)39-40(35-13-20-48-27-49-35)61-42(51-39)29-14-23-54(24-15-29)44(58)45(2)18-25-53(26-19-45)43(57)30-16-21-52(22-17-30)31-9-7-28(8-10-31)32-11-12-37(55)50-41(32)56/h4-10,13,20,27,29-30,32,36H,3,11-12,14-19,21-26H2,1-2H3,(H2,47,59,60)(H,50,55,56). The van der Waals surface area contributed by atoms with Gasteiger partial charge in [-0.15, -0.1) is 11.3 Å². The third-order valence-corrected chi connectivity index (χ3v) is 16.0. The summed E-state index contributed by atoms with van der Waals surface area (Å²) < 4.78 is 41.0. The van der Waals surface area contributed by atoms with E-state index in [4.69, 9.17) is 10.1 Å². The molecule has 2 aromatic carbocycles. The van der Waals surface area contributed by atoms with Crippen LogP contribution in [0.1, 0.15) is 105 Å². The summed E-state index contributed by atoms with van der Waals surface area (Å²) in [5, 5.41) is 7.53. The van der Waals surface area contributed by atoms with Gasteiger partial charge in [-0.05, 0) is 81.2 Å². The van der Waals surface area contributed by atoms with E-state index in [1.54, 1.807) is 31.3 Å². The van der Waals surface area contributed by atoms with Crippen molar-refractivity contribution < 1.29 is 32.0 Å². The molecule has 3 N–H and O–H groups in total. The molecule has 62 heavy (non-hydrogen) atoms. The van der Waals surface area contributed by atoms with Crippen LogP contribution in [0.3, 0.4) is 0 Å². The maximum atomic E-state index is 16.3. The molecule has 6 heterocycles. The van der Waals surface area contributed by atoms with Crippen LogP contribution < -0.4 is 15.4 Å². The van der Waals surface area contributed by atoms with E-state index in [2.05, 4.69) is 20.2 Å². The smallest absolute Gasteiger partial charge is 0.234 e. The number of hydrogen-bond acceptors (Lipinski definition) is 11. The van der Waals surface area contributed by atoms with Crippen molar-refractivity contribution in [1.82, 2.24) is 30.1 Å². The van der Waals surface area contributed by atoms with Gasteiger partial charge in [0.2, 0.25) is 33.7 Å². The van der Waals surface area contributed by atoms with Gasteiger partial charge in [0, 0.05) is 86.0 Å². The van der Waals surface area contributed by atoms with Crippen LogP contribution in [0.4, 0.5) is 10.1 Å². The fraction of sp³-hybridized carbons (Fsp3) is 0.489. The van der Waals surface area contributed by atoms with Gasteiger partial charge in [-0.2, -0.15) is 0 Å². The fourth-order valence-electron chi connectivity index (χ4n) is 9.62. The Morgan fingerprint density at radius 2 is 1.66 bits per heavy atom. The molecule has 0 aliphatic carbocycles. The first-order chi connectivity index (χ1) is 29.7. The van der Waals surface area contributed by atoms with Gasteiger partial charge in [-0.3, -0.25) is 24.5 Å². The Hall–Kier alpha value is -5.13. The van der Waals surface area contributed by atoms with Gasteiger partial charge in [0.25, 0.3) is 0 Å². The number of anilines is 1. The number of amides is 4. The Kier molecular flexibility index (Phi) is 12.6. The number of carbonyl (C=O) groups excluding carboxylic acids is 4. The zero-order valence-corrected chi connectivity index (χ0v) is 36.7. The lowest BCUT2D eigenvalue weighted by atomic mass is 9.78. The van der Waals surface area contributed by atoms with Crippen molar-refractivity contribution in [3.8, 4) is 21.8 Å². The summed E-state index contributed by atoms with van der Waals surface area (Å²) in [6.45, 7) is 7.37. The first kappa shape index (κ1) is 43.5. The number of rotatable bonds is 10. The number of thiazole rings is 1. The molecule has 328 valence electrons. The molecule has 14 nitrogen and oxygen atoms in total. The van der Waals surface area contributed by atoms with Crippen LogP contribution in [0.5, 0.6) is 0 Å². The van der Waals surface area contributed by atoms with Crippen LogP contribution in [0, 0.1) is 17.2 Å². The van der Waals surface area contributed by atoms with Gasteiger partial charge < -0.3 is 14.7 Å². The molecule has 0 bridgehead atoms. The minimum atomic E-state index is -4.06. The molecule has 4 fully saturated rings. The summed E-state index contributed by atoms with van der Waals surface area (Å²) in [7, 11) is -4.06. The molecule has 8 rings (SSSR count). The molecule has 4 amide bonds. The number of benzene rings is 2. The quantitative estimate of drug-likeness (QED) is 0.181. The lowest BCUT2D eigenvalue weighted by Gasteiger charge is -2.44. The Morgan fingerprint density at radius 3 is 2.29 bits per heavy atom. The lowest BCUT2D eigenvalue weighted by molar-refractivity contribution is -0.149. The van der Waals surface area contributed by atoms with E-state index < -0.39 is 26.5 Å². The van der Waals surface area contributed by atoms with E-state index in [9.17, 15) is 27.6 Å². The van der Waals surface area contributed by atoms with Crippen LogP contribution in [0.15, 0.2) is 61.1 Å². The van der Waals surface area contributed by atoms with Crippen LogP contribution in [0.25, 0.3) is 21.8 Å². The number of likely N-dealkylation sites (tertiary alicyclic amines) is 2. The summed E-state index contributed by atoms with van der Waals surface area (Å²) in [5.41, 5.74) is 2.51. The molecular weight excluding hydrogens is 832 g/mol. The van der Waals surface area contributed by atoms with Gasteiger partial charge in [0.05, 0.1) is 27.2 Å². The summed E-state index contributed by atoms with van der Waals surface area (Å²) in [6.07, 6.45) is 8.05. The predicted octanol–water partition coefficient (Wildman–Crippen LogP) is 5.92. The van der Waals surface area contributed by atoms with E-state index in [1.807, 2.05) is 41.0 Å².